The zero-order chi connectivity index (χ0) is 22.1. The van der Waals surface area contributed by atoms with E-state index in [2.05, 4.69) is 77.6 Å². The van der Waals surface area contributed by atoms with Crippen LogP contribution in [0, 0.1) is 33.8 Å². The van der Waals surface area contributed by atoms with E-state index in [1.807, 2.05) is 6.08 Å². The molecule has 0 aromatic rings. The van der Waals surface area contributed by atoms with Crippen molar-refractivity contribution >= 4 is 7.26 Å². The third kappa shape index (κ3) is 24.2. The van der Waals surface area contributed by atoms with Crippen LogP contribution in [-0.4, -0.2) is 24.6 Å². The summed E-state index contributed by atoms with van der Waals surface area (Å²) in [6.07, 6.45) is 37.1. The van der Waals surface area contributed by atoms with E-state index >= 15 is 0 Å². The van der Waals surface area contributed by atoms with Crippen molar-refractivity contribution in [1.82, 2.24) is 0 Å². The van der Waals surface area contributed by atoms with Crippen LogP contribution in [0.25, 0.3) is 0 Å². The molecule has 2 fully saturated rings. The van der Waals surface area contributed by atoms with Gasteiger partial charge in [0.1, 0.15) is 0 Å². The third-order valence-corrected chi connectivity index (χ3v) is 11.6. The average Bonchev–Trinajstić information content (AvgIpc) is 3.54. The minimum Gasteiger partial charge on any atom is -0.358 e. The van der Waals surface area contributed by atoms with Crippen molar-refractivity contribution < 1.29 is 99.6 Å². The summed E-state index contributed by atoms with van der Waals surface area (Å²) in [5.41, 5.74) is 3.57. The van der Waals surface area contributed by atoms with Gasteiger partial charge in [0.05, 0.1) is 12.3 Å². The Kier molecular flexibility index (Phi) is 47.7. The molecule has 0 aliphatic heterocycles. The summed E-state index contributed by atoms with van der Waals surface area (Å²) in [5, 5.41) is 0. The maximum absolute atomic E-state index is 3.06. The molecule has 1 unspecified atom stereocenters. The predicted octanol–water partition coefficient (Wildman–Crippen LogP) is 10.5. The molecule has 2 radical (unpaired) electrons. The van der Waals surface area contributed by atoms with Gasteiger partial charge in [-0.3, -0.25) is 18.1 Å². The number of hydrogen-bond acceptors (Lipinski definition) is 0. The van der Waals surface area contributed by atoms with E-state index in [-0.39, 0.29) is 114 Å². The fraction of sp³-hybridized carbons (Fsp3) is 0.613. The van der Waals surface area contributed by atoms with Crippen molar-refractivity contribution in [3.05, 3.63) is 75.3 Å². The van der Waals surface area contributed by atoms with Crippen LogP contribution in [0.15, 0.2) is 41.5 Å². The van der Waals surface area contributed by atoms with E-state index in [0.717, 1.165) is 12.1 Å². The second kappa shape index (κ2) is 33.6. The van der Waals surface area contributed by atoms with E-state index in [9.17, 15) is 0 Å². The van der Waals surface area contributed by atoms with Crippen molar-refractivity contribution in [2.45, 2.75) is 104 Å². The molecule has 0 nitrogen and oxygen atoms in total. The molecule has 0 N–H and O–H groups in total. The van der Waals surface area contributed by atoms with Crippen LogP contribution in [0.1, 0.15) is 98.3 Å². The number of hydrogen-bond donors (Lipinski definition) is 0. The van der Waals surface area contributed by atoms with E-state index in [4.69, 9.17) is 0 Å². The normalized spacial score (nSPS) is 18.3. The Hall–Kier alpha value is 2.38. The van der Waals surface area contributed by atoms with Crippen molar-refractivity contribution in [1.29, 1.82) is 0 Å². The Morgan fingerprint density at radius 2 is 1.25 bits per heavy atom. The third-order valence-electron chi connectivity index (χ3n) is 6.84. The first-order valence-corrected chi connectivity index (χ1v) is 15.3. The maximum Gasteiger partial charge on any atom is 2.00 e. The van der Waals surface area contributed by atoms with E-state index in [0.29, 0.717) is 0 Å². The van der Waals surface area contributed by atoms with Gasteiger partial charge in [0.15, 0.2) is 0 Å². The van der Waals surface area contributed by atoms with Crippen molar-refractivity contribution in [2.24, 2.45) is 0 Å². The summed E-state index contributed by atoms with van der Waals surface area (Å²) in [4.78, 5) is 0. The largest absolute Gasteiger partial charge is 2.00 e. The monoisotopic (exact) mass is 748 g/mol. The van der Waals surface area contributed by atoms with Crippen LogP contribution in [0.4, 0.5) is 0 Å². The van der Waals surface area contributed by atoms with Gasteiger partial charge in [-0.2, -0.15) is 12.8 Å². The van der Waals surface area contributed by atoms with Gasteiger partial charge in [-0.1, -0.05) is 76.7 Å². The molecule has 1 atom stereocenters. The Bertz CT molecular complexity index is 534. The Balaban J connectivity index is -0.0000000847. The maximum atomic E-state index is 3.06. The van der Waals surface area contributed by atoms with Crippen LogP contribution in [0.5, 0.6) is 0 Å². The topological polar surface area (TPSA) is 0 Å². The summed E-state index contributed by atoms with van der Waals surface area (Å²) in [5.74, 6) is 0. The van der Waals surface area contributed by atoms with Gasteiger partial charge >= 0.3 is 34.1 Å². The van der Waals surface area contributed by atoms with Crippen LogP contribution in [0.3, 0.4) is 0 Å². The number of rotatable bonds is 3. The standard InChI is InChI=1S/C12H21P.C7H8.2C5H10.2CH3.2Fe.2Y/c1-5-13(4,6-2)12-10-8-7-9-11(12)3;1-7-5-3-2-4-6-7;2*1-2-4-5-3-1;;;;;;/h7-10,12H,5-6H2,1-4H3;2-3,6H,4H2,1H3;2*1-5H2;2*1H3;;;;/q;-2;;;2*-1;2*+2;;. The minimum absolute atomic E-state index is 0. The second-order valence-corrected chi connectivity index (χ2v) is 14.0. The molecular formula is C31H55Fe2PY2. The quantitative estimate of drug-likeness (QED) is 0.153. The first-order chi connectivity index (χ1) is 14.5. The fourth-order valence-corrected chi connectivity index (χ4v) is 7.09. The predicted molar refractivity (Wildman–Crippen MR) is 154 cm³/mol. The van der Waals surface area contributed by atoms with E-state index < -0.39 is 7.26 Å². The Morgan fingerprint density at radius 1 is 0.833 bits per heavy atom. The van der Waals surface area contributed by atoms with Gasteiger partial charge in [0.2, 0.25) is 0 Å². The molecule has 0 heterocycles. The SMILES string of the molecule is C1CCCC1.C1CCCC1.CC1=[C-]C=CC[CH-]1.CC[P+](C)(CC)C1[CH-]C=CC=C1C.[CH3-].[CH3-].[Fe+2].[Fe+2].[Y].[Y]. The van der Waals surface area contributed by atoms with Gasteiger partial charge in [0, 0.05) is 85.0 Å². The molecule has 4 aliphatic rings. The smallest absolute Gasteiger partial charge is 0.358 e. The average molecular weight is 748 g/mol. The molecule has 0 saturated heterocycles. The zero-order valence-corrected chi connectivity index (χ0v) is 33.4. The van der Waals surface area contributed by atoms with E-state index in [1.165, 1.54) is 82.1 Å². The molecule has 0 aromatic heterocycles. The molecule has 0 spiro atoms. The van der Waals surface area contributed by atoms with Crippen LogP contribution in [-0.2, 0) is 99.6 Å². The molecule has 206 valence electrons. The molecule has 5 heteroatoms. The second-order valence-electron chi connectivity index (χ2n) is 9.25. The van der Waals surface area contributed by atoms with Crippen molar-refractivity contribution in [3.8, 4) is 0 Å². The molecule has 2 saturated carbocycles. The molecule has 36 heavy (non-hydrogen) atoms. The van der Waals surface area contributed by atoms with Gasteiger partial charge in [-0.15, -0.1) is 6.08 Å². The molecule has 0 aromatic carbocycles. The molecular weight excluding hydrogens is 693 g/mol. The summed E-state index contributed by atoms with van der Waals surface area (Å²) < 4.78 is 0. The molecule has 0 bridgehead atoms. The summed E-state index contributed by atoms with van der Waals surface area (Å²) >= 11 is 0. The van der Waals surface area contributed by atoms with E-state index in [1.54, 1.807) is 5.57 Å². The molecule has 4 aliphatic carbocycles. The zero-order valence-electron chi connectivity index (χ0n) is 24.6. The first-order valence-electron chi connectivity index (χ1n) is 12.6. The summed E-state index contributed by atoms with van der Waals surface area (Å²) in [7, 11) is -0.738. The van der Waals surface area contributed by atoms with Crippen molar-refractivity contribution in [2.75, 3.05) is 19.0 Å². The van der Waals surface area contributed by atoms with Crippen LogP contribution in [0.2, 0.25) is 0 Å². The van der Waals surface area contributed by atoms with Gasteiger partial charge in [0.25, 0.3) is 0 Å². The summed E-state index contributed by atoms with van der Waals surface area (Å²) in [6, 6.07) is 0. The molecule has 4 rings (SSSR count). The minimum atomic E-state index is -0.738. The Morgan fingerprint density at radius 3 is 1.50 bits per heavy atom. The van der Waals surface area contributed by atoms with Crippen LogP contribution < -0.4 is 0 Å². The first kappa shape index (κ1) is 51.1. The van der Waals surface area contributed by atoms with Gasteiger partial charge < -0.3 is 27.0 Å². The van der Waals surface area contributed by atoms with Crippen LogP contribution >= 0.6 is 7.26 Å². The van der Waals surface area contributed by atoms with Gasteiger partial charge in [-0.25, -0.2) is 12.2 Å². The van der Waals surface area contributed by atoms with Crippen molar-refractivity contribution in [3.63, 3.8) is 0 Å². The summed E-state index contributed by atoms with van der Waals surface area (Å²) in [6.45, 7) is 11.5. The number of allylic oxidation sites excluding steroid dienone is 8. The molecule has 0 amide bonds. The fourth-order valence-electron chi connectivity index (χ4n) is 4.27. The van der Waals surface area contributed by atoms with Gasteiger partial charge in [-0.05, 0) is 20.8 Å². The Labute approximate surface area is 301 Å².